The van der Waals surface area contributed by atoms with E-state index in [0.29, 0.717) is 18.4 Å². The van der Waals surface area contributed by atoms with Gasteiger partial charge in [-0.25, -0.2) is 0 Å². The van der Waals surface area contributed by atoms with E-state index in [2.05, 4.69) is 12.2 Å². The summed E-state index contributed by atoms with van der Waals surface area (Å²) in [5.41, 5.74) is 0.251. The third-order valence-electron chi connectivity index (χ3n) is 5.03. The van der Waals surface area contributed by atoms with Crippen molar-refractivity contribution in [3.8, 4) is 0 Å². The van der Waals surface area contributed by atoms with Gasteiger partial charge in [-0.15, -0.1) is 0 Å². The van der Waals surface area contributed by atoms with E-state index < -0.39 is 11.7 Å². The normalized spacial score (nSPS) is 29.2. The monoisotopic (exact) mass is 297 g/mol. The number of halogens is 3. The maximum atomic E-state index is 12.8. The minimum atomic E-state index is -4.25. The summed E-state index contributed by atoms with van der Waals surface area (Å²) in [6.07, 6.45) is 0.321. The molecule has 1 aromatic rings. The summed E-state index contributed by atoms with van der Waals surface area (Å²) in [7, 11) is 0. The lowest BCUT2D eigenvalue weighted by Crippen LogP contribution is -2.37. The predicted octanol–water partition coefficient (Wildman–Crippen LogP) is 4.27. The molecule has 0 spiro atoms. The number of rotatable bonds is 5. The van der Waals surface area contributed by atoms with Crippen LogP contribution in [0.2, 0.25) is 0 Å². The molecule has 21 heavy (non-hydrogen) atoms. The van der Waals surface area contributed by atoms with Crippen LogP contribution in [0.3, 0.4) is 0 Å². The van der Waals surface area contributed by atoms with Crippen molar-refractivity contribution >= 4 is 0 Å². The Morgan fingerprint density at radius 2 is 1.90 bits per heavy atom. The van der Waals surface area contributed by atoms with Crippen molar-refractivity contribution < 1.29 is 13.2 Å². The minimum Gasteiger partial charge on any atom is -0.314 e. The lowest BCUT2D eigenvalue weighted by molar-refractivity contribution is -0.137. The first-order valence-electron chi connectivity index (χ1n) is 7.87. The second kappa shape index (κ2) is 5.64. The van der Waals surface area contributed by atoms with Gasteiger partial charge in [0, 0.05) is 6.04 Å². The molecule has 3 unspecified atom stereocenters. The van der Waals surface area contributed by atoms with E-state index in [1.54, 1.807) is 0 Å². The molecule has 0 bridgehead atoms. The van der Waals surface area contributed by atoms with Crippen LogP contribution in [0.15, 0.2) is 24.3 Å². The van der Waals surface area contributed by atoms with Crippen molar-refractivity contribution in [2.24, 2.45) is 17.8 Å². The molecule has 3 atom stereocenters. The van der Waals surface area contributed by atoms with Crippen LogP contribution in [-0.4, -0.2) is 12.6 Å². The molecule has 0 aromatic heterocycles. The third kappa shape index (κ3) is 3.42. The molecule has 2 aliphatic rings. The van der Waals surface area contributed by atoms with Crippen molar-refractivity contribution in [1.82, 2.24) is 5.32 Å². The molecular weight excluding hydrogens is 275 g/mol. The largest absolute Gasteiger partial charge is 0.416 e. The summed E-state index contributed by atoms with van der Waals surface area (Å²) >= 11 is 0. The van der Waals surface area contributed by atoms with Crippen molar-refractivity contribution in [1.29, 1.82) is 0 Å². The maximum absolute atomic E-state index is 12.8. The van der Waals surface area contributed by atoms with Crippen molar-refractivity contribution in [3.63, 3.8) is 0 Å². The molecule has 2 saturated carbocycles. The summed E-state index contributed by atoms with van der Waals surface area (Å²) in [4.78, 5) is 0. The first-order chi connectivity index (χ1) is 9.97. The topological polar surface area (TPSA) is 12.0 Å². The van der Waals surface area contributed by atoms with E-state index in [1.165, 1.54) is 31.4 Å². The first-order valence-corrected chi connectivity index (χ1v) is 7.87. The number of fused-ring (bicyclic) bond motifs is 1. The fourth-order valence-corrected chi connectivity index (χ4v) is 3.89. The van der Waals surface area contributed by atoms with Gasteiger partial charge in [0.25, 0.3) is 0 Å². The molecule has 1 nitrogen and oxygen atoms in total. The third-order valence-corrected chi connectivity index (χ3v) is 5.03. The van der Waals surface area contributed by atoms with E-state index in [0.717, 1.165) is 30.0 Å². The van der Waals surface area contributed by atoms with Gasteiger partial charge >= 0.3 is 6.18 Å². The van der Waals surface area contributed by atoms with Gasteiger partial charge in [-0.2, -0.15) is 13.2 Å². The van der Waals surface area contributed by atoms with Crippen LogP contribution in [0.4, 0.5) is 13.2 Å². The second-order valence-corrected chi connectivity index (χ2v) is 6.55. The molecule has 1 aromatic carbocycles. The second-order valence-electron chi connectivity index (χ2n) is 6.55. The number of hydrogen-bond acceptors (Lipinski definition) is 1. The van der Waals surface area contributed by atoms with Gasteiger partial charge in [0.1, 0.15) is 0 Å². The Hall–Kier alpha value is -1.03. The Balaban J connectivity index is 1.70. The molecule has 4 heteroatoms. The zero-order valence-corrected chi connectivity index (χ0v) is 12.3. The lowest BCUT2D eigenvalue weighted by atomic mass is 9.89. The van der Waals surface area contributed by atoms with E-state index in [1.807, 2.05) is 6.07 Å². The summed E-state index contributed by atoms with van der Waals surface area (Å²) in [6.45, 7) is 2.93. The van der Waals surface area contributed by atoms with Gasteiger partial charge < -0.3 is 5.32 Å². The Morgan fingerprint density at radius 1 is 1.19 bits per heavy atom. The number of alkyl halides is 3. The molecule has 2 aliphatic carbocycles. The number of nitrogens with one attached hydrogen (secondary N) is 1. The molecule has 3 rings (SSSR count). The van der Waals surface area contributed by atoms with Gasteiger partial charge in [0.2, 0.25) is 0 Å². The molecular formula is C17H22F3N. The van der Waals surface area contributed by atoms with Crippen LogP contribution < -0.4 is 5.32 Å². The van der Waals surface area contributed by atoms with Crippen molar-refractivity contribution in [2.75, 3.05) is 6.54 Å². The molecule has 0 heterocycles. The van der Waals surface area contributed by atoms with Gasteiger partial charge in [-0.1, -0.05) is 25.1 Å². The van der Waals surface area contributed by atoms with Gasteiger partial charge in [0.05, 0.1) is 5.56 Å². The molecule has 0 radical (unpaired) electrons. The zero-order chi connectivity index (χ0) is 15.0. The molecule has 116 valence electrons. The van der Waals surface area contributed by atoms with E-state index in [4.69, 9.17) is 0 Å². The Labute approximate surface area is 123 Å². The molecule has 0 amide bonds. The summed E-state index contributed by atoms with van der Waals surface area (Å²) in [6, 6.07) is 6.10. The van der Waals surface area contributed by atoms with E-state index in [-0.39, 0.29) is 0 Å². The van der Waals surface area contributed by atoms with Crippen molar-refractivity contribution in [2.45, 2.75) is 44.8 Å². The highest BCUT2D eigenvalue weighted by molar-refractivity contribution is 5.26. The van der Waals surface area contributed by atoms with Crippen LogP contribution in [0.1, 0.15) is 37.3 Å². The zero-order valence-electron chi connectivity index (χ0n) is 12.3. The van der Waals surface area contributed by atoms with E-state index >= 15 is 0 Å². The number of hydrogen-bond donors (Lipinski definition) is 1. The average molecular weight is 297 g/mol. The smallest absolute Gasteiger partial charge is 0.314 e. The Kier molecular flexibility index (Phi) is 4.00. The summed E-state index contributed by atoms with van der Waals surface area (Å²) in [5.74, 6) is 2.43. The van der Waals surface area contributed by atoms with Crippen LogP contribution in [0, 0.1) is 17.8 Å². The Bertz CT molecular complexity index is 487. The minimum absolute atomic E-state index is 0.311. The molecule has 1 N–H and O–H groups in total. The molecule has 2 fully saturated rings. The number of likely N-dealkylation sites (N-methyl/N-ethyl adjacent to an activating group) is 1. The lowest BCUT2D eigenvalue weighted by Gasteiger charge is -2.26. The van der Waals surface area contributed by atoms with E-state index in [9.17, 15) is 13.2 Å². The van der Waals surface area contributed by atoms with Crippen LogP contribution in [-0.2, 0) is 12.6 Å². The van der Waals surface area contributed by atoms with Crippen LogP contribution in [0.25, 0.3) is 0 Å². The molecule has 0 aliphatic heterocycles. The predicted molar refractivity (Wildman–Crippen MR) is 76.9 cm³/mol. The van der Waals surface area contributed by atoms with Gasteiger partial charge in [-0.05, 0) is 61.6 Å². The van der Waals surface area contributed by atoms with Gasteiger partial charge in [-0.3, -0.25) is 0 Å². The highest BCUT2D eigenvalue weighted by atomic mass is 19.4. The highest BCUT2D eigenvalue weighted by Crippen LogP contribution is 2.55. The Morgan fingerprint density at radius 3 is 2.52 bits per heavy atom. The summed E-state index contributed by atoms with van der Waals surface area (Å²) < 4.78 is 38.4. The molecule has 0 saturated heterocycles. The maximum Gasteiger partial charge on any atom is 0.416 e. The number of benzene rings is 1. The van der Waals surface area contributed by atoms with Crippen molar-refractivity contribution in [3.05, 3.63) is 35.4 Å². The summed E-state index contributed by atoms with van der Waals surface area (Å²) in [5, 5.41) is 3.49. The highest BCUT2D eigenvalue weighted by Gasteiger charge is 2.47. The van der Waals surface area contributed by atoms with Gasteiger partial charge in [0.15, 0.2) is 0 Å². The van der Waals surface area contributed by atoms with Crippen LogP contribution in [0.5, 0.6) is 0 Å². The SMILES string of the molecule is CCNC(Cc1cccc(C(F)(F)F)c1)C1CC2CC2C1. The van der Waals surface area contributed by atoms with Crippen LogP contribution >= 0.6 is 0 Å². The first kappa shape index (κ1) is 14.9. The fourth-order valence-electron chi connectivity index (χ4n) is 3.89. The average Bonchev–Trinajstić information content (AvgIpc) is 3.04. The quantitative estimate of drug-likeness (QED) is 0.855. The standard InChI is InChI=1S/C17H22F3N/c1-2-21-16(14-9-12-8-13(12)10-14)7-11-4-3-5-15(6-11)17(18,19)20/h3-6,12-14,16,21H,2,7-10H2,1H3. The fraction of sp³-hybridized carbons (Fsp3) is 0.647.